The minimum absolute atomic E-state index is 0.0825. The smallest absolute Gasteiger partial charge is 0.171 e. The van der Waals surface area contributed by atoms with Gasteiger partial charge in [0.05, 0.1) is 6.54 Å². The Morgan fingerprint density at radius 3 is 2.56 bits per heavy atom. The SMILES string of the molecule is C/C=C(\CC)C1=NOC(CC)(CCC)CN1CC. The van der Waals surface area contributed by atoms with Crippen molar-refractivity contribution in [3.05, 3.63) is 11.6 Å². The Labute approximate surface area is 112 Å². The van der Waals surface area contributed by atoms with E-state index in [1.54, 1.807) is 0 Å². The summed E-state index contributed by atoms with van der Waals surface area (Å²) in [5.74, 6) is 1.03. The molecule has 0 aromatic rings. The van der Waals surface area contributed by atoms with Gasteiger partial charge in [0.25, 0.3) is 0 Å². The predicted octanol–water partition coefficient (Wildman–Crippen LogP) is 3.96. The molecule has 1 rings (SSSR count). The number of nitrogens with zero attached hydrogens (tertiary/aromatic N) is 2. The molecule has 0 saturated carbocycles. The molecule has 1 aliphatic rings. The van der Waals surface area contributed by atoms with E-state index < -0.39 is 0 Å². The van der Waals surface area contributed by atoms with Crippen LogP contribution < -0.4 is 0 Å². The monoisotopic (exact) mass is 252 g/mol. The molecular weight excluding hydrogens is 224 g/mol. The molecule has 0 spiro atoms. The van der Waals surface area contributed by atoms with Crippen LogP contribution in [0.4, 0.5) is 0 Å². The van der Waals surface area contributed by atoms with E-state index in [2.05, 4.69) is 50.8 Å². The maximum Gasteiger partial charge on any atom is 0.171 e. The third kappa shape index (κ3) is 3.06. The van der Waals surface area contributed by atoms with Gasteiger partial charge in [-0.05, 0) is 38.7 Å². The van der Waals surface area contributed by atoms with Crippen LogP contribution in [0.1, 0.15) is 60.3 Å². The second-order valence-corrected chi connectivity index (χ2v) is 4.97. The third-order valence-corrected chi connectivity index (χ3v) is 3.85. The predicted molar refractivity (Wildman–Crippen MR) is 77.7 cm³/mol. The number of rotatable bonds is 6. The van der Waals surface area contributed by atoms with Crippen LogP contribution in [-0.2, 0) is 4.84 Å². The number of hydrogen-bond acceptors (Lipinski definition) is 3. The van der Waals surface area contributed by atoms with E-state index in [1.165, 1.54) is 5.57 Å². The number of amidine groups is 1. The lowest BCUT2D eigenvalue weighted by molar-refractivity contribution is -0.0803. The van der Waals surface area contributed by atoms with E-state index in [-0.39, 0.29) is 5.60 Å². The Hall–Kier alpha value is -0.990. The first-order chi connectivity index (χ1) is 8.66. The van der Waals surface area contributed by atoms with Gasteiger partial charge in [0, 0.05) is 6.54 Å². The standard InChI is InChI=1S/C15H28N2O/c1-6-11-15(9-4)12-17(10-5)14(16-18-15)13(7-2)8-3/h7H,6,8-12H2,1-5H3/b13-7+. The highest BCUT2D eigenvalue weighted by Gasteiger charge is 2.37. The van der Waals surface area contributed by atoms with Crippen molar-refractivity contribution in [2.24, 2.45) is 5.16 Å². The minimum atomic E-state index is -0.0825. The Balaban J connectivity index is 2.97. The molecule has 0 N–H and O–H groups in total. The normalized spacial score (nSPS) is 24.8. The molecule has 0 aromatic heterocycles. The second-order valence-electron chi connectivity index (χ2n) is 4.97. The molecule has 0 saturated heterocycles. The average molecular weight is 252 g/mol. The molecule has 1 aliphatic heterocycles. The van der Waals surface area contributed by atoms with Gasteiger partial charge in [-0.25, -0.2) is 0 Å². The molecule has 1 unspecified atom stereocenters. The first kappa shape index (κ1) is 15.1. The molecule has 1 atom stereocenters. The van der Waals surface area contributed by atoms with E-state index >= 15 is 0 Å². The molecule has 0 fully saturated rings. The van der Waals surface area contributed by atoms with Crippen LogP contribution in [0.3, 0.4) is 0 Å². The first-order valence-electron chi connectivity index (χ1n) is 7.33. The van der Waals surface area contributed by atoms with E-state index in [1.807, 2.05) is 0 Å². The molecule has 0 bridgehead atoms. The van der Waals surface area contributed by atoms with Crippen LogP contribution in [-0.4, -0.2) is 29.4 Å². The van der Waals surface area contributed by atoms with Crippen molar-refractivity contribution in [3.8, 4) is 0 Å². The van der Waals surface area contributed by atoms with Crippen molar-refractivity contribution in [3.63, 3.8) is 0 Å². The average Bonchev–Trinajstić information content (AvgIpc) is 2.41. The molecule has 0 amide bonds. The van der Waals surface area contributed by atoms with Crippen LogP contribution in [0.25, 0.3) is 0 Å². The molecule has 3 heteroatoms. The summed E-state index contributed by atoms with van der Waals surface area (Å²) in [6, 6.07) is 0. The zero-order chi connectivity index (χ0) is 13.6. The Bertz CT molecular complexity index is 322. The van der Waals surface area contributed by atoms with E-state index in [0.717, 1.165) is 44.6 Å². The molecule has 0 radical (unpaired) electrons. The Morgan fingerprint density at radius 2 is 2.11 bits per heavy atom. The lowest BCUT2D eigenvalue weighted by atomic mass is 9.93. The molecule has 104 valence electrons. The van der Waals surface area contributed by atoms with Gasteiger partial charge in [0.2, 0.25) is 0 Å². The van der Waals surface area contributed by atoms with Gasteiger partial charge in [-0.2, -0.15) is 0 Å². The Morgan fingerprint density at radius 1 is 1.39 bits per heavy atom. The van der Waals surface area contributed by atoms with Gasteiger partial charge in [0.1, 0.15) is 0 Å². The topological polar surface area (TPSA) is 24.8 Å². The summed E-state index contributed by atoms with van der Waals surface area (Å²) in [7, 11) is 0. The summed E-state index contributed by atoms with van der Waals surface area (Å²) in [6.45, 7) is 12.8. The molecular formula is C15H28N2O. The summed E-state index contributed by atoms with van der Waals surface area (Å²) in [4.78, 5) is 8.25. The summed E-state index contributed by atoms with van der Waals surface area (Å²) in [5.41, 5.74) is 1.19. The Kier molecular flexibility index (Phi) is 5.70. The maximum absolute atomic E-state index is 5.89. The van der Waals surface area contributed by atoms with Crippen LogP contribution in [0.5, 0.6) is 0 Å². The highest BCUT2D eigenvalue weighted by molar-refractivity contribution is 5.98. The van der Waals surface area contributed by atoms with Gasteiger partial charge in [-0.3, -0.25) is 0 Å². The number of oxime groups is 1. The summed E-state index contributed by atoms with van der Waals surface area (Å²) in [5, 5.41) is 4.44. The minimum Gasteiger partial charge on any atom is -0.386 e. The lowest BCUT2D eigenvalue weighted by Gasteiger charge is -2.41. The van der Waals surface area contributed by atoms with Crippen LogP contribution in [0.15, 0.2) is 16.8 Å². The molecule has 1 heterocycles. The van der Waals surface area contributed by atoms with Crippen molar-refractivity contribution >= 4 is 5.84 Å². The zero-order valence-electron chi connectivity index (χ0n) is 12.6. The van der Waals surface area contributed by atoms with Crippen LogP contribution >= 0.6 is 0 Å². The van der Waals surface area contributed by atoms with Crippen LogP contribution in [0, 0.1) is 0 Å². The van der Waals surface area contributed by atoms with Crippen molar-refractivity contribution in [1.29, 1.82) is 0 Å². The summed E-state index contributed by atoms with van der Waals surface area (Å²) in [6.07, 6.45) is 6.38. The van der Waals surface area contributed by atoms with Crippen molar-refractivity contribution in [2.75, 3.05) is 13.1 Å². The van der Waals surface area contributed by atoms with Gasteiger partial charge >= 0.3 is 0 Å². The van der Waals surface area contributed by atoms with E-state index in [0.29, 0.717) is 0 Å². The lowest BCUT2D eigenvalue weighted by Crippen LogP contribution is -2.50. The zero-order valence-corrected chi connectivity index (χ0v) is 12.6. The molecule has 0 aliphatic carbocycles. The fourth-order valence-electron chi connectivity index (χ4n) is 2.60. The van der Waals surface area contributed by atoms with Gasteiger partial charge in [-0.1, -0.05) is 38.4 Å². The van der Waals surface area contributed by atoms with E-state index in [4.69, 9.17) is 4.84 Å². The number of hydrogen-bond donors (Lipinski definition) is 0. The number of likely N-dealkylation sites (N-methyl/N-ethyl adjacent to an activating group) is 1. The van der Waals surface area contributed by atoms with E-state index in [9.17, 15) is 0 Å². The summed E-state index contributed by atoms with van der Waals surface area (Å²) >= 11 is 0. The molecule has 18 heavy (non-hydrogen) atoms. The quantitative estimate of drug-likeness (QED) is 0.715. The van der Waals surface area contributed by atoms with Gasteiger partial charge < -0.3 is 9.74 Å². The fourth-order valence-corrected chi connectivity index (χ4v) is 2.60. The van der Waals surface area contributed by atoms with Gasteiger partial charge in [-0.15, -0.1) is 0 Å². The number of allylic oxidation sites excluding steroid dienone is 1. The second kappa shape index (κ2) is 6.81. The largest absolute Gasteiger partial charge is 0.386 e. The van der Waals surface area contributed by atoms with Crippen LogP contribution in [0.2, 0.25) is 0 Å². The molecule has 0 aromatic carbocycles. The third-order valence-electron chi connectivity index (χ3n) is 3.85. The molecule has 3 nitrogen and oxygen atoms in total. The maximum atomic E-state index is 5.89. The van der Waals surface area contributed by atoms with Crippen molar-refractivity contribution < 1.29 is 4.84 Å². The fraction of sp³-hybridized carbons (Fsp3) is 0.800. The van der Waals surface area contributed by atoms with Gasteiger partial charge in [0.15, 0.2) is 11.4 Å². The van der Waals surface area contributed by atoms with Crippen molar-refractivity contribution in [2.45, 2.75) is 65.9 Å². The van der Waals surface area contributed by atoms with Crippen molar-refractivity contribution in [1.82, 2.24) is 4.90 Å². The summed E-state index contributed by atoms with van der Waals surface area (Å²) < 4.78 is 0. The highest BCUT2D eigenvalue weighted by atomic mass is 16.7. The highest BCUT2D eigenvalue weighted by Crippen LogP contribution is 2.29. The first-order valence-corrected chi connectivity index (χ1v) is 7.33.